The van der Waals surface area contributed by atoms with Gasteiger partial charge in [-0.15, -0.1) is 11.3 Å². The molecule has 4 fully saturated rings. The van der Waals surface area contributed by atoms with Crippen LogP contribution in [0.25, 0.3) is 10.2 Å². The van der Waals surface area contributed by atoms with E-state index in [1.807, 2.05) is 0 Å². The molecule has 1 aromatic carbocycles. The van der Waals surface area contributed by atoms with Gasteiger partial charge in [-0.2, -0.15) is 0 Å². The minimum absolute atomic E-state index is 0.308. The molecule has 4 heterocycles. The minimum atomic E-state index is -0.308. The zero-order chi connectivity index (χ0) is 20.6. The maximum absolute atomic E-state index is 10.6. The fourth-order valence-corrected chi connectivity index (χ4v) is 6.77. The molecule has 1 aliphatic carbocycles. The maximum atomic E-state index is 10.6. The second-order valence-electron chi connectivity index (χ2n) is 10.1. The van der Waals surface area contributed by atoms with E-state index in [0.29, 0.717) is 12.7 Å². The molecular weight excluding hydrogens is 394 g/mol. The number of piperazine rings is 3. The molecule has 0 spiro atoms. The monoisotopic (exact) mass is 431 g/mol. The average molecular weight is 432 g/mol. The van der Waals surface area contributed by atoms with Crippen molar-refractivity contribution < 1.29 is 18.8 Å². The molecule has 3 aliphatic heterocycles. The normalized spacial score (nSPS) is 30.3. The van der Waals surface area contributed by atoms with Gasteiger partial charge in [0.25, 0.3) is 0 Å². The van der Waals surface area contributed by atoms with Gasteiger partial charge in [0.2, 0.25) is 0 Å². The molecule has 0 radical (unpaired) electrons. The molecule has 6 heteroatoms. The molecule has 3 saturated heterocycles. The Balaban J connectivity index is 1.12. The number of hydrogen-bond donors (Lipinski definition) is 1. The lowest BCUT2D eigenvalue weighted by atomic mass is 10.0. The summed E-state index contributed by atoms with van der Waals surface area (Å²) in [6.07, 6.45) is 6.18. The summed E-state index contributed by atoms with van der Waals surface area (Å²) in [5.74, 6) is 0. The van der Waals surface area contributed by atoms with E-state index in [2.05, 4.69) is 30.1 Å². The highest BCUT2D eigenvalue weighted by Crippen LogP contribution is 2.29. The number of hydrogen-bond acceptors (Lipinski definition) is 4. The van der Waals surface area contributed by atoms with E-state index in [1.54, 1.807) is 11.3 Å². The Morgan fingerprint density at radius 2 is 1.80 bits per heavy atom. The van der Waals surface area contributed by atoms with Crippen LogP contribution in [0, 0.1) is 6.92 Å². The smallest absolute Gasteiger partial charge is 0.129 e. The first-order valence-electron chi connectivity index (χ1n) is 11.9. The Labute approximate surface area is 184 Å². The van der Waals surface area contributed by atoms with E-state index in [4.69, 9.17) is 4.74 Å². The number of aryl methyl sites for hydroxylation is 1. The van der Waals surface area contributed by atoms with Gasteiger partial charge >= 0.3 is 0 Å². The molecule has 5 nitrogen and oxygen atoms in total. The molecule has 30 heavy (non-hydrogen) atoms. The molecule has 1 unspecified atom stereocenters. The summed E-state index contributed by atoms with van der Waals surface area (Å²) in [5, 5.41) is 11.8. The quantitative estimate of drug-likeness (QED) is 0.653. The number of benzene rings is 1. The first-order chi connectivity index (χ1) is 14.5. The van der Waals surface area contributed by atoms with E-state index in [-0.39, 0.29) is 6.10 Å². The second kappa shape index (κ2) is 8.47. The number of aromatic nitrogens is 1. The summed E-state index contributed by atoms with van der Waals surface area (Å²) in [5.41, 5.74) is 2.59. The number of aliphatic hydroxyl groups excluding tert-OH is 1. The van der Waals surface area contributed by atoms with Crippen molar-refractivity contribution in [2.45, 2.75) is 51.2 Å². The van der Waals surface area contributed by atoms with Crippen LogP contribution >= 0.6 is 11.3 Å². The maximum Gasteiger partial charge on any atom is 0.129 e. The lowest BCUT2D eigenvalue weighted by Gasteiger charge is -2.56. The number of aliphatic hydroxyl groups is 1. The molecule has 4 aliphatic rings. The summed E-state index contributed by atoms with van der Waals surface area (Å²) < 4.78 is 9.66. The summed E-state index contributed by atoms with van der Waals surface area (Å²) in [6.45, 7) is 12.2. The lowest BCUT2D eigenvalue weighted by molar-refractivity contribution is -1.08. The first kappa shape index (κ1) is 20.8. The predicted octanol–water partition coefficient (Wildman–Crippen LogP) is 3.13. The average Bonchev–Trinajstić information content (AvgIpc) is 3.40. The van der Waals surface area contributed by atoms with Crippen molar-refractivity contribution in [3.8, 4) is 0 Å². The number of rotatable bonds is 8. The summed E-state index contributed by atoms with van der Waals surface area (Å²) in [7, 11) is 0. The SMILES string of the molecule is Cc1nc2cc(CC[N+]34CC[N+](CC(O)COC5CCCC5)(CC3)CC4)ccc2s1. The van der Waals surface area contributed by atoms with Crippen molar-refractivity contribution in [2.75, 3.05) is 59.0 Å². The number of thiazole rings is 1. The van der Waals surface area contributed by atoms with E-state index in [1.165, 1.54) is 86.2 Å². The van der Waals surface area contributed by atoms with Crippen molar-refractivity contribution in [2.24, 2.45) is 0 Å². The largest absolute Gasteiger partial charge is 0.385 e. The Morgan fingerprint density at radius 3 is 2.53 bits per heavy atom. The first-order valence-corrected chi connectivity index (χ1v) is 12.7. The van der Waals surface area contributed by atoms with Gasteiger partial charge in [-0.1, -0.05) is 18.9 Å². The molecule has 164 valence electrons. The number of quaternary nitrogens is 2. The predicted molar refractivity (Wildman–Crippen MR) is 122 cm³/mol. The van der Waals surface area contributed by atoms with Gasteiger partial charge in [-0.05, 0) is 37.5 Å². The van der Waals surface area contributed by atoms with E-state index in [9.17, 15) is 5.11 Å². The second-order valence-corrected chi connectivity index (χ2v) is 11.3. The van der Waals surface area contributed by atoms with Gasteiger partial charge in [0, 0.05) is 6.42 Å². The standard InChI is InChI=1S/C24H37N3O2S/c1-19-25-23-16-20(6-7-24(23)30-19)8-9-26-10-13-27(14-11-26,15-12-26)17-21(28)18-29-22-4-2-3-5-22/h6-7,16,21-22,28H,2-5,8-15,17-18H2,1H3/q+2. The molecule has 1 saturated carbocycles. The highest BCUT2D eigenvalue weighted by Gasteiger charge is 2.49. The molecule has 0 amide bonds. The van der Waals surface area contributed by atoms with Crippen LogP contribution in [-0.2, 0) is 11.2 Å². The van der Waals surface area contributed by atoms with Crippen LogP contribution in [-0.4, -0.2) is 90.2 Å². The highest BCUT2D eigenvalue weighted by molar-refractivity contribution is 7.18. The number of ether oxygens (including phenoxy) is 1. The van der Waals surface area contributed by atoms with Crippen LogP contribution < -0.4 is 0 Å². The Hall–Kier alpha value is -1.05. The van der Waals surface area contributed by atoms with Gasteiger partial charge < -0.3 is 18.8 Å². The molecule has 1 N–H and O–H groups in total. The Bertz CT molecular complexity index is 852. The molecule has 6 rings (SSSR count). The van der Waals surface area contributed by atoms with Gasteiger partial charge in [0.1, 0.15) is 51.9 Å². The number of nitrogens with zero attached hydrogens (tertiary/aromatic N) is 3. The van der Waals surface area contributed by atoms with Crippen LogP contribution in [0.2, 0.25) is 0 Å². The van der Waals surface area contributed by atoms with Crippen LogP contribution in [0.5, 0.6) is 0 Å². The lowest BCUT2D eigenvalue weighted by Crippen LogP contribution is -2.76. The van der Waals surface area contributed by atoms with Crippen LogP contribution in [0.4, 0.5) is 0 Å². The third-order valence-electron chi connectivity index (χ3n) is 8.00. The number of fused-ring (bicyclic) bond motifs is 4. The zero-order valence-electron chi connectivity index (χ0n) is 18.4. The minimum Gasteiger partial charge on any atom is -0.385 e. The fourth-order valence-electron chi connectivity index (χ4n) is 5.96. The molecule has 2 bridgehead atoms. The van der Waals surface area contributed by atoms with Gasteiger partial charge in [0.15, 0.2) is 0 Å². The van der Waals surface area contributed by atoms with Crippen molar-refractivity contribution in [1.29, 1.82) is 0 Å². The molecule has 1 atom stereocenters. The van der Waals surface area contributed by atoms with E-state index < -0.39 is 0 Å². The Morgan fingerprint density at radius 1 is 1.10 bits per heavy atom. The topological polar surface area (TPSA) is 42.4 Å². The van der Waals surface area contributed by atoms with Crippen LogP contribution in [0.3, 0.4) is 0 Å². The fraction of sp³-hybridized carbons (Fsp3) is 0.708. The van der Waals surface area contributed by atoms with E-state index in [0.717, 1.165) is 28.0 Å². The third-order valence-corrected chi connectivity index (χ3v) is 8.96. The molecule has 1 aromatic heterocycles. The van der Waals surface area contributed by atoms with Gasteiger partial charge in [-0.25, -0.2) is 4.98 Å². The van der Waals surface area contributed by atoms with Gasteiger partial charge in [-0.3, -0.25) is 0 Å². The Kier molecular flexibility index (Phi) is 5.88. The summed E-state index contributed by atoms with van der Waals surface area (Å²) >= 11 is 1.79. The van der Waals surface area contributed by atoms with Crippen molar-refractivity contribution in [3.05, 3.63) is 28.8 Å². The van der Waals surface area contributed by atoms with Crippen molar-refractivity contribution in [3.63, 3.8) is 0 Å². The molecular formula is C24H37N3O2S+2. The van der Waals surface area contributed by atoms with Crippen LogP contribution in [0.15, 0.2) is 18.2 Å². The molecule has 2 aromatic rings. The zero-order valence-corrected chi connectivity index (χ0v) is 19.2. The summed E-state index contributed by atoms with van der Waals surface area (Å²) in [6, 6.07) is 6.85. The van der Waals surface area contributed by atoms with Crippen molar-refractivity contribution in [1.82, 2.24) is 4.98 Å². The van der Waals surface area contributed by atoms with Crippen LogP contribution in [0.1, 0.15) is 36.3 Å². The highest BCUT2D eigenvalue weighted by atomic mass is 32.1. The third kappa shape index (κ3) is 4.44. The summed E-state index contributed by atoms with van der Waals surface area (Å²) in [4.78, 5) is 4.67. The van der Waals surface area contributed by atoms with E-state index >= 15 is 0 Å². The van der Waals surface area contributed by atoms with Crippen molar-refractivity contribution >= 4 is 21.6 Å². The van der Waals surface area contributed by atoms with Gasteiger partial charge in [0.05, 0.1) is 34.5 Å².